The highest BCUT2D eigenvalue weighted by molar-refractivity contribution is 6.34. The van der Waals surface area contributed by atoms with E-state index in [1.807, 2.05) is 25.2 Å². The van der Waals surface area contributed by atoms with Gasteiger partial charge in [-0.3, -0.25) is 0 Å². The molecule has 0 aliphatic heterocycles. The summed E-state index contributed by atoms with van der Waals surface area (Å²) in [6.07, 6.45) is 2.51. The molecule has 3 rings (SSSR count). The number of fused-ring (bicyclic) bond motifs is 1. The molecule has 1 aliphatic rings. The number of hydrogen-bond acceptors (Lipinski definition) is 2. The van der Waals surface area contributed by atoms with Gasteiger partial charge >= 0.3 is 0 Å². The Labute approximate surface area is 106 Å². The minimum Gasteiger partial charge on any atom is -0.458 e. The monoisotopic (exact) mass is 249 g/mol. The first-order chi connectivity index (χ1) is 8.14. The Morgan fingerprint density at radius 3 is 2.76 bits per heavy atom. The van der Waals surface area contributed by atoms with Crippen LogP contribution < -0.4 is 5.32 Å². The Bertz CT molecular complexity index is 556. The first kappa shape index (κ1) is 11.1. The van der Waals surface area contributed by atoms with Gasteiger partial charge in [0.2, 0.25) is 0 Å². The van der Waals surface area contributed by atoms with Crippen LogP contribution >= 0.6 is 11.6 Å². The summed E-state index contributed by atoms with van der Waals surface area (Å²) in [6.45, 7) is 2.29. The molecule has 0 spiro atoms. The van der Waals surface area contributed by atoms with E-state index >= 15 is 0 Å². The summed E-state index contributed by atoms with van der Waals surface area (Å²) in [7, 11) is 1.99. The van der Waals surface area contributed by atoms with Crippen molar-refractivity contribution >= 4 is 22.6 Å². The number of benzene rings is 1. The molecule has 1 heterocycles. The van der Waals surface area contributed by atoms with Crippen molar-refractivity contribution in [1.82, 2.24) is 5.32 Å². The molecule has 1 unspecified atom stereocenters. The van der Waals surface area contributed by atoms with E-state index in [4.69, 9.17) is 16.0 Å². The van der Waals surface area contributed by atoms with Crippen LogP contribution in [0.15, 0.2) is 28.7 Å². The number of furan rings is 1. The van der Waals surface area contributed by atoms with Crippen LogP contribution in [0.2, 0.25) is 5.02 Å². The van der Waals surface area contributed by atoms with Crippen molar-refractivity contribution in [3.05, 3.63) is 35.0 Å². The van der Waals surface area contributed by atoms with E-state index in [2.05, 4.69) is 18.3 Å². The zero-order valence-corrected chi connectivity index (χ0v) is 10.8. The highest BCUT2D eigenvalue weighted by atomic mass is 35.5. The third kappa shape index (κ3) is 1.76. The molecular formula is C14H16ClNO. The van der Waals surface area contributed by atoms with E-state index in [0.29, 0.717) is 10.4 Å². The van der Waals surface area contributed by atoms with E-state index in [0.717, 1.165) is 16.7 Å². The lowest BCUT2D eigenvalue weighted by molar-refractivity contribution is 0.333. The zero-order valence-electron chi connectivity index (χ0n) is 10.1. The molecule has 17 heavy (non-hydrogen) atoms. The molecule has 1 N–H and O–H groups in total. The van der Waals surface area contributed by atoms with Gasteiger partial charge in [-0.25, -0.2) is 0 Å². The van der Waals surface area contributed by atoms with E-state index < -0.39 is 0 Å². The summed E-state index contributed by atoms with van der Waals surface area (Å²) in [5, 5.41) is 5.13. The van der Waals surface area contributed by atoms with Crippen molar-refractivity contribution in [2.45, 2.75) is 25.8 Å². The molecule has 3 heteroatoms. The smallest absolute Gasteiger partial charge is 0.152 e. The average Bonchev–Trinajstić information content (AvgIpc) is 2.89. The van der Waals surface area contributed by atoms with Gasteiger partial charge in [0.05, 0.1) is 11.1 Å². The minimum atomic E-state index is 0.283. The fraction of sp³-hybridized carbons (Fsp3) is 0.429. The standard InChI is InChI=1S/C14H16ClNO/c1-14(6-7-14)13(16-2)11-8-9-4-3-5-10(15)12(9)17-11/h3-5,8,13,16H,6-7H2,1-2H3. The zero-order chi connectivity index (χ0) is 12.0. The van der Waals surface area contributed by atoms with Crippen molar-refractivity contribution in [1.29, 1.82) is 0 Å². The molecule has 1 aromatic carbocycles. The summed E-state index contributed by atoms with van der Waals surface area (Å²) in [4.78, 5) is 0. The van der Waals surface area contributed by atoms with Gasteiger partial charge in [-0.2, -0.15) is 0 Å². The molecule has 2 aromatic rings. The van der Waals surface area contributed by atoms with Gasteiger partial charge in [0, 0.05) is 5.39 Å². The summed E-state index contributed by atoms with van der Waals surface area (Å²) >= 11 is 6.13. The lowest BCUT2D eigenvalue weighted by Gasteiger charge is -2.20. The SMILES string of the molecule is CNC(c1cc2cccc(Cl)c2o1)C1(C)CC1. The van der Waals surface area contributed by atoms with Crippen molar-refractivity contribution in [2.24, 2.45) is 5.41 Å². The molecule has 0 radical (unpaired) electrons. The highest BCUT2D eigenvalue weighted by Gasteiger charge is 2.46. The largest absolute Gasteiger partial charge is 0.458 e. The maximum absolute atomic E-state index is 6.13. The van der Waals surface area contributed by atoms with Crippen molar-refractivity contribution in [3.8, 4) is 0 Å². The van der Waals surface area contributed by atoms with Gasteiger partial charge in [-0.15, -0.1) is 0 Å². The predicted octanol–water partition coefficient (Wildman–Crippen LogP) is 4.15. The van der Waals surface area contributed by atoms with Crippen molar-refractivity contribution < 1.29 is 4.42 Å². The molecule has 90 valence electrons. The van der Waals surface area contributed by atoms with Crippen LogP contribution in [0.5, 0.6) is 0 Å². The Hall–Kier alpha value is -0.990. The second kappa shape index (κ2) is 3.76. The van der Waals surface area contributed by atoms with Gasteiger partial charge in [0.15, 0.2) is 5.58 Å². The minimum absolute atomic E-state index is 0.283. The number of rotatable bonds is 3. The van der Waals surface area contributed by atoms with E-state index in [9.17, 15) is 0 Å². The van der Waals surface area contributed by atoms with Crippen LogP contribution in [0, 0.1) is 5.41 Å². The quantitative estimate of drug-likeness (QED) is 0.884. The fourth-order valence-corrected chi connectivity index (χ4v) is 2.73. The maximum Gasteiger partial charge on any atom is 0.152 e. The molecule has 0 bridgehead atoms. The van der Waals surface area contributed by atoms with Crippen LogP contribution in [-0.4, -0.2) is 7.05 Å². The Morgan fingerprint density at radius 2 is 2.18 bits per heavy atom. The summed E-state index contributed by atoms with van der Waals surface area (Å²) in [5.74, 6) is 0.996. The van der Waals surface area contributed by atoms with Gasteiger partial charge in [-0.1, -0.05) is 30.7 Å². The first-order valence-electron chi connectivity index (χ1n) is 5.99. The predicted molar refractivity (Wildman–Crippen MR) is 70.4 cm³/mol. The van der Waals surface area contributed by atoms with Crippen LogP contribution in [0.3, 0.4) is 0 Å². The Kier molecular flexibility index (Phi) is 2.46. The first-order valence-corrected chi connectivity index (χ1v) is 6.37. The molecule has 2 nitrogen and oxygen atoms in total. The fourth-order valence-electron chi connectivity index (χ4n) is 2.51. The molecule has 0 saturated heterocycles. The van der Waals surface area contributed by atoms with E-state index in [-0.39, 0.29) is 6.04 Å². The third-order valence-electron chi connectivity index (χ3n) is 3.82. The molecule has 1 atom stereocenters. The normalized spacial score (nSPS) is 19.5. The second-order valence-electron chi connectivity index (χ2n) is 5.18. The average molecular weight is 250 g/mol. The molecule has 1 fully saturated rings. The number of halogens is 1. The van der Waals surface area contributed by atoms with Gasteiger partial charge < -0.3 is 9.73 Å². The second-order valence-corrected chi connectivity index (χ2v) is 5.59. The summed E-state index contributed by atoms with van der Waals surface area (Å²) in [5.41, 5.74) is 1.14. The summed E-state index contributed by atoms with van der Waals surface area (Å²) in [6, 6.07) is 8.25. The van der Waals surface area contributed by atoms with Gasteiger partial charge in [0.1, 0.15) is 5.76 Å². The number of nitrogens with one attached hydrogen (secondary N) is 1. The van der Waals surface area contributed by atoms with E-state index in [1.165, 1.54) is 12.8 Å². The van der Waals surface area contributed by atoms with Gasteiger partial charge in [-0.05, 0) is 37.4 Å². The lowest BCUT2D eigenvalue weighted by atomic mass is 9.97. The molecular weight excluding hydrogens is 234 g/mol. The Morgan fingerprint density at radius 1 is 1.41 bits per heavy atom. The maximum atomic E-state index is 6.13. The van der Waals surface area contributed by atoms with E-state index in [1.54, 1.807) is 0 Å². The van der Waals surface area contributed by atoms with Gasteiger partial charge in [0.25, 0.3) is 0 Å². The van der Waals surface area contributed by atoms with Crippen LogP contribution in [0.1, 0.15) is 31.6 Å². The lowest BCUT2D eigenvalue weighted by Crippen LogP contribution is -2.23. The number of hydrogen-bond donors (Lipinski definition) is 1. The molecule has 1 aromatic heterocycles. The molecule has 0 amide bonds. The van der Waals surface area contributed by atoms with Crippen LogP contribution in [-0.2, 0) is 0 Å². The van der Waals surface area contributed by atoms with Crippen molar-refractivity contribution in [2.75, 3.05) is 7.05 Å². The Balaban J connectivity index is 2.08. The number of para-hydroxylation sites is 1. The summed E-state index contributed by atoms with van der Waals surface area (Å²) < 4.78 is 5.92. The van der Waals surface area contributed by atoms with Crippen LogP contribution in [0.4, 0.5) is 0 Å². The molecule has 1 aliphatic carbocycles. The molecule has 1 saturated carbocycles. The third-order valence-corrected chi connectivity index (χ3v) is 4.12. The van der Waals surface area contributed by atoms with Crippen molar-refractivity contribution in [3.63, 3.8) is 0 Å². The topological polar surface area (TPSA) is 25.2 Å². The van der Waals surface area contributed by atoms with Crippen LogP contribution in [0.25, 0.3) is 11.0 Å². The highest BCUT2D eigenvalue weighted by Crippen LogP contribution is 2.54.